The Morgan fingerprint density at radius 2 is 1.88 bits per heavy atom. The van der Waals surface area contributed by atoms with Crippen LogP contribution in [0.25, 0.3) is 0 Å². The highest BCUT2D eigenvalue weighted by Crippen LogP contribution is 2.24. The molecular weight excluding hydrogens is 331 g/mol. The van der Waals surface area contributed by atoms with E-state index < -0.39 is 0 Å². The molecule has 0 spiro atoms. The highest BCUT2D eigenvalue weighted by molar-refractivity contribution is 5.90. The van der Waals surface area contributed by atoms with Gasteiger partial charge >= 0.3 is 0 Å². The van der Waals surface area contributed by atoms with Gasteiger partial charge in [-0.2, -0.15) is 0 Å². The number of amides is 1. The maximum atomic E-state index is 14.4. The van der Waals surface area contributed by atoms with Crippen molar-refractivity contribution in [3.63, 3.8) is 0 Å². The summed E-state index contributed by atoms with van der Waals surface area (Å²) in [5.74, 6) is -0.403. The fourth-order valence-electron chi connectivity index (χ4n) is 3.08. The summed E-state index contributed by atoms with van der Waals surface area (Å²) in [6.45, 7) is 4.64. The van der Waals surface area contributed by atoms with Gasteiger partial charge in [-0.05, 0) is 43.5 Å². The Labute approximate surface area is 154 Å². The highest BCUT2D eigenvalue weighted by atomic mass is 19.1. The number of carbonyl (C=O) groups is 1. The molecule has 26 heavy (non-hydrogen) atoms. The molecule has 0 radical (unpaired) electrons. The lowest BCUT2D eigenvalue weighted by Gasteiger charge is -2.29. The van der Waals surface area contributed by atoms with Gasteiger partial charge in [0.1, 0.15) is 5.82 Å². The molecule has 3 rings (SSSR count). The molecule has 1 fully saturated rings. The van der Waals surface area contributed by atoms with Crippen LogP contribution in [0.1, 0.15) is 24.0 Å². The zero-order chi connectivity index (χ0) is 18.4. The van der Waals surface area contributed by atoms with Crippen molar-refractivity contribution in [2.45, 2.75) is 26.2 Å². The molecule has 0 aliphatic carbocycles. The lowest BCUT2D eigenvalue weighted by Crippen LogP contribution is -2.36. The summed E-state index contributed by atoms with van der Waals surface area (Å²) in [6.07, 6.45) is 2.04. The van der Waals surface area contributed by atoms with Crippen LogP contribution in [0.4, 0.5) is 15.8 Å². The van der Waals surface area contributed by atoms with Gasteiger partial charge in [-0.15, -0.1) is 0 Å². The number of ether oxygens (including phenoxy) is 1. The quantitative estimate of drug-likeness (QED) is 0.853. The monoisotopic (exact) mass is 356 g/mol. The lowest BCUT2D eigenvalue weighted by atomic mass is 10.1. The molecule has 0 unspecified atom stereocenters. The van der Waals surface area contributed by atoms with Crippen LogP contribution in [0.2, 0.25) is 0 Å². The first kappa shape index (κ1) is 18.4. The van der Waals surface area contributed by atoms with Gasteiger partial charge < -0.3 is 15.0 Å². The van der Waals surface area contributed by atoms with Gasteiger partial charge in [-0.3, -0.25) is 4.79 Å². The molecule has 4 nitrogen and oxygen atoms in total. The van der Waals surface area contributed by atoms with Gasteiger partial charge in [0.05, 0.1) is 18.9 Å². The summed E-state index contributed by atoms with van der Waals surface area (Å²) in [6, 6.07) is 13.2. The Kier molecular flexibility index (Phi) is 6.23. The minimum absolute atomic E-state index is 0.0874. The first-order valence-electron chi connectivity index (χ1n) is 9.09. The third-order valence-electron chi connectivity index (χ3n) is 4.57. The Morgan fingerprint density at radius 3 is 2.58 bits per heavy atom. The van der Waals surface area contributed by atoms with Crippen LogP contribution >= 0.6 is 0 Å². The molecule has 0 atom stereocenters. The number of aryl methyl sites for hydroxylation is 2. The molecule has 2 aromatic rings. The van der Waals surface area contributed by atoms with E-state index in [4.69, 9.17) is 4.74 Å². The Balaban J connectivity index is 1.49. The van der Waals surface area contributed by atoms with E-state index in [2.05, 4.69) is 36.5 Å². The molecule has 1 saturated heterocycles. The fraction of sp³-hybridized carbons (Fsp3) is 0.381. The van der Waals surface area contributed by atoms with Crippen molar-refractivity contribution in [3.8, 4) is 0 Å². The van der Waals surface area contributed by atoms with Crippen LogP contribution in [-0.2, 0) is 16.0 Å². The first-order chi connectivity index (χ1) is 12.6. The van der Waals surface area contributed by atoms with Crippen molar-refractivity contribution in [1.82, 2.24) is 0 Å². The fourth-order valence-corrected chi connectivity index (χ4v) is 3.08. The van der Waals surface area contributed by atoms with Crippen LogP contribution in [0.15, 0.2) is 42.5 Å². The zero-order valence-corrected chi connectivity index (χ0v) is 15.1. The lowest BCUT2D eigenvalue weighted by molar-refractivity contribution is -0.116. The molecule has 5 heteroatoms. The van der Waals surface area contributed by atoms with Gasteiger partial charge in [-0.25, -0.2) is 4.39 Å². The summed E-state index contributed by atoms with van der Waals surface area (Å²) in [5.41, 5.74) is 3.52. The normalized spacial score (nSPS) is 14.3. The molecule has 2 aromatic carbocycles. The molecule has 0 aromatic heterocycles. The number of nitrogens with one attached hydrogen (secondary N) is 1. The van der Waals surface area contributed by atoms with Crippen molar-refractivity contribution < 1.29 is 13.9 Å². The van der Waals surface area contributed by atoms with Crippen LogP contribution < -0.4 is 10.2 Å². The van der Waals surface area contributed by atoms with E-state index in [0.717, 1.165) is 12.8 Å². The number of benzene rings is 2. The number of nitrogens with zero attached hydrogens (tertiary/aromatic N) is 1. The number of anilines is 2. The zero-order valence-electron chi connectivity index (χ0n) is 15.1. The minimum atomic E-state index is -0.315. The number of carbonyl (C=O) groups excluding carboxylic acids is 1. The number of rotatable bonds is 6. The summed E-state index contributed by atoms with van der Waals surface area (Å²) < 4.78 is 19.6. The van der Waals surface area contributed by atoms with Crippen molar-refractivity contribution >= 4 is 17.3 Å². The van der Waals surface area contributed by atoms with Gasteiger partial charge in [0.25, 0.3) is 0 Å². The molecule has 1 amide bonds. The number of morpholine rings is 1. The summed E-state index contributed by atoms with van der Waals surface area (Å²) in [4.78, 5) is 14.1. The van der Waals surface area contributed by atoms with Gasteiger partial charge in [-0.1, -0.05) is 29.8 Å². The Morgan fingerprint density at radius 1 is 1.15 bits per heavy atom. The summed E-state index contributed by atoms with van der Waals surface area (Å²) in [5, 5.41) is 2.79. The van der Waals surface area contributed by atoms with Crippen molar-refractivity contribution in [3.05, 3.63) is 59.4 Å². The van der Waals surface area contributed by atoms with Crippen molar-refractivity contribution in [2.24, 2.45) is 0 Å². The van der Waals surface area contributed by atoms with Crippen LogP contribution in [0.5, 0.6) is 0 Å². The molecule has 1 heterocycles. The SMILES string of the molecule is Cc1ccc(CCCC(=O)Nc2ccc(N3CCOCC3)c(F)c2)cc1. The van der Waals surface area contributed by atoms with E-state index in [1.54, 1.807) is 12.1 Å². The van der Waals surface area contributed by atoms with E-state index in [-0.39, 0.29) is 11.7 Å². The van der Waals surface area contributed by atoms with Gasteiger partial charge in [0.2, 0.25) is 5.91 Å². The predicted molar refractivity (Wildman–Crippen MR) is 102 cm³/mol. The topological polar surface area (TPSA) is 41.6 Å². The smallest absolute Gasteiger partial charge is 0.224 e. The molecular formula is C21H25FN2O2. The standard InChI is InChI=1S/C21H25FN2O2/c1-16-5-7-17(8-6-16)3-2-4-21(25)23-18-9-10-20(19(22)15-18)24-11-13-26-14-12-24/h5-10,15H,2-4,11-14H2,1H3,(H,23,25). The highest BCUT2D eigenvalue weighted by Gasteiger charge is 2.15. The van der Waals surface area contributed by atoms with Crippen LogP contribution in [0, 0.1) is 12.7 Å². The summed E-state index contributed by atoms with van der Waals surface area (Å²) in [7, 11) is 0. The number of halogens is 1. The van der Waals surface area contributed by atoms with Crippen molar-refractivity contribution in [2.75, 3.05) is 36.5 Å². The average molecular weight is 356 g/mol. The van der Waals surface area contributed by atoms with E-state index in [0.29, 0.717) is 44.1 Å². The Bertz CT molecular complexity index is 740. The second-order valence-corrected chi connectivity index (χ2v) is 6.65. The third kappa shape index (κ3) is 5.05. The van der Waals surface area contributed by atoms with E-state index >= 15 is 0 Å². The maximum absolute atomic E-state index is 14.4. The van der Waals surface area contributed by atoms with E-state index in [1.165, 1.54) is 17.2 Å². The molecule has 1 aliphatic heterocycles. The predicted octanol–water partition coefficient (Wildman–Crippen LogP) is 3.93. The second-order valence-electron chi connectivity index (χ2n) is 6.65. The maximum Gasteiger partial charge on any atom is 0.224 e. The van der Waals surface area contributed by atoms with Gasteiger partial charge in [0.15, 0.2) is 0 Å². The van der Waals surface area contributed by atoms with E-state index in [9.17, 15) is 9.18 Å². The minimum Gasteiger partial charge on any atom is -0.378 e. The van der Waals surface area contributed by atoms with Crippen molar-refractivity contribution in [1.29, 1.82) is 0 Å². The van der Waals surface area contributed by atoms with E-state index in [1.807, 2.05) is 4.90 Å². The van der Waals surface area contributed by atoms with Crippen LogP contribution in [-0.4, -0.2) is 32.2 Å². The number of hydrogen-bond acceptors (Lipinski definition) is 3. The van der Waals surface area contributed by atoms with Gasteiger partial charge in [0, 0.05) is 25.2 Å². The number of hydrogen-bond donors (Lipinski definition) is 1. The molecule has 1 N–H and O–H groups in total. The Hall–Kier alpha value is -2.40. The first-order valence-corrected chi connectivity index (χ1v) is 9.09. The van der Waals surface area contributed by atoms with Crippen LogP contribution in [0.3, 0.4) is 0 Å². The molecule has 1 aliphatic rings. The molecule has 138 valence electrons. The third-order valence-corrected chi connectivity index (χ3v) is 4.57. The summed E-state index contributed by atoms with van der Waals surface area (Å²) >= 11 is 0. The second kappa shape index (κ2) is 8.81. The molecule has 0 bridgehead atoms. The average Bonchev–Trinajstić information content (AvgIpc) is 2.64. The molecule has 0 saturated carbocycles. The largest absolute Gasteiger partial charge is 0.378 e.